The van der Waals surface area contributed by atoms with E-state index in [1.54, 1.807) is 19.2 Å². The Morgan fingerprint density at radius 3 is 2.29 bits per heavy atom. The summed E-state index contributed by atoms with van der Waals surface area (Å²) in [5.74, 6) is 0.683. The van der Waals surface area contributed by atoms with Crippen molar-refractivity contribution < 1.29 is 18.7 Å². The first-order chi connectivity index (χ1) is 16.5. The van der Waals surface area contributed by atoms with Gasteiger partial charge in [-0.3, -0.25) is 4.79 Å². The van der Waals surface area contributed by atoms with Crippen molar-refractivity contribution in [2.24, 2.45) is 0 Å². The number of amides is 1. The Hall–Kier alpha value is -2.44. The van der Waals surface area contributed by atoms with Crippen LogP contribution < -0.4 is 9.64 Å². The van der Waals surface area contributed by atoms with E-state index in [1.807, 2.05) is 36.1 Å². The molecule has 1 atom stereocenters. The first kappa shape index (κ1) is 27.8. The Balaban J connectivity index is 0.000000430. The van der Waals surface area contributed by atoms with Crippen molar-refractivity contribution in [3.8, 4) is 5.75 Å². The second-order valence-corrected chi connectivity index (χ2v) is 8.69. The van der Waals surface area contributed by atoms with E-state index < -0.39 is 6.10 Å². The van der Waals surface area contributed by atoms with Crippen molar-refractivity contribution in [1.82, 2.24) is 4.90 Å². The van der Waals surface area contributed by atoms with E-state index in [1.165, 1.54) is 25.0 Å². The lowest BCUT2D eigenvalue weighted by Crippen LogP contribution is -2.46. The first-order valence-electron chi connectivity index (χ1n) is 12.5. The van der Waals surface area contributed by atoms with E-state index in [-0.39, 0.29) is 11.7 Å². The Labute approximate surface area is 204 Å². The largest absolute Gasteiger partial charge is 0.478 e. The number of carbonyl (C=O) groups excluding carboxylic acids is 1. The van der Waals surface area contributed by atoms with E-state index in [9.17, 15) is 9.18 Å². The number of rotatable bonds is 12. The molecule has 1 aliphatic heterocycles. The molecule has 0 bridgehead atoms. The van der Waals surface area contributed by atoms with Crippen molar-refractivity contribution in [3.05, 3.63) is 59.9 Å². The molecule has 5 nitrogen and oxygen atoms in total. The van der Waals surface area contributed by atoms with E-state index in [4.69, 9.17) is 9.47 Å². The maximum absolute atomic E-state index is 12.9. The molecule has 1 unspecified atom stereocenters. The van der Waals surface area contributed by atoms with Gasteiger partial charge in [-0.05, 0) is 76.5 Å². The smallest absolute Gasteiger partial charge is 0.268 e. The molecule has 0 N–H and O–H groups in total. The molecule has 0 saturated heterocycles. The lowest BCUT2D eigenvalue weighted by Gasteiger charge is -2.34. The third-order valence-electron chi connectivity index (χ3n) is 5.75. The van der Waals surface area contributed by atoms with Gasteiger partial charge in [0, 0.05) is 20.1 Å². The topological polar surface area (TPSA) is 42.0 Å². The second kappa shape index (κ2) is 15.5. The molecular formula is C28H41FN2O3. The van der Waals surface area contributed by atoms with E-state index in [0.29, 0.717) is 13.0 Å². The Bertz CT molecular complexity index is 817. The van der Waals surface area contributed by atoms with E-state index >= 15 is 0 Å². The zero-order valence-electron chi connectivity index (χ0n) is 21.3. The summed E-state index contributed by atoms with van der Waals surface area (Å²) in [5.41, 5.74) is 1.98. The van der Waals surface area contributed by atoms with Crippen molar-refractivity contribution in [1.29, 1.82) is 0 Å². The Morgan fingerprint density at radius 2 is 1.68 bits per heavy atom. The van der Waals surface area contributed by atoms with E-state index in [0.717, 1.165) is 56.0 Å². The standard InChI is InChI=1S/C21H34N2O3.C7H7F/c1-4-13-22(14-5-2)15-8-9-16-23-18-10-6-7-11-19(18)26-20(21(23)24)12-17-25-3;1-6-2-4-7(8)5-3-6/h6-7,10-11,20H,4-5,8-9,12-17H2,1-3H3;2-5H,1H3. The number of nitrogens with zero attached hydrogens (tertiary/aromatic N) is 2. The average molecular weight is 473 g/mol. The van der Waals surface area contributed by atoms with Gasteiger partial charge in [-0.2, -0.15) is 0 Å². The highest BCUT2D eigenvalue weighted by Crippen LogP contribution is 2.34. The number of halogens is 1. The van der Waals surface area contributed by atoms with Crippen LogP contribution in [0.2, 0.25) is 0 Å². The molecule has 1 aliphatic rings. The molecule has 0 aromatic heterocycles. The highest BCUT2D eigenvalue weighted by atomic mass is 19.1. The molecule has 3 rings (SSSR count). The summed E-state index contributed by atoms with van der Waals surface area (Å²) in [4.78, 5) is 17.3. The van der Waals surface area contributed by atoms with Crippen LogP contribution in [0.1, 0.15) is 51.5 Å². The predicted molar refractivity (Wildman–Crippen MR) is 137 cm³/mol. The van der Waals surface area contributed by atoms with Crippen molar-refractivity contribution in [3.63, 3.8) is 0 Å². The quantitative estimate of drug-likeness (QED) is 0.363. The number of unbranched alkanes of at least 4 members (excludes halogenated alkanes) is 1. The number of para-hydroxylation sites is 2. The molecule has 188 valence electrons. The fourth-order valence-corrected chi connectivity index (χ4v) is 4.02. The van der Waals surface area contributed by atoms with Crippen LogP contribution in [0.5, 0.6) is 5.75 Å². The van der Waals surface area contributed by atoms with Crippen LogP contribution in [0.25, 0.3) is 0 Å². The number of benzene rings is 2. The van der Waals surface area contributed by atoms with Gasteiger partial charge in [0.25, 0.3) is 5.91 Å². The first-order valence-corrected chi connectivity index (χ1v) is 12.5. The summed E-state index contributed by atoms with van der Waals surface area (Å²) >= 11 is 0. The molecule has 6 heteroatoms. The molecule has 1 amide bonds. The number of hydrogen-bond acceptors (Lipinski definition) is 4. The summed E-state index contributed by atoms with van der Waals surface area (Å²) in [7, 11) is 1.65. The minimum Gasteiger partial charge on any atom is -0.478 e. The monoisotopic (exact) mass is 472 g/mol. The summed E-state index contributed by atoms with van der Waals surface area (Å²) < 4.78 is 23.1. The summed E-state index contributed by atoms with van der Waals surface area (Å²) in [6, 6.07) is 14.2. The van der Waals surface area contributed by atoms with Crippen molar-refractivity contribution in [2.45, 2.75) is 59.0 Å². The highest BCUT2D eigenvalue weighted by Gasteiger charge is 2.33. The van der Waals surface area contributed by atoms with Gasteiger partial charge in [0.2, 0.25) is 0 Å². The number of carbonyl (C=O) groups is 1. The Morgan fingerprint density at radius 1 is 1.00 bits per heavy atom. The third-order valence-corrected chi connectivity index (χ3v) is 5.75. The zero-order chi connectivity index (χ0) is 24.8. The number of methoxy groups -OCH3 is 1. The van der Waals surface area contributed by atoms with Gasteiger partial charge < -0.3 is 19.3 Å². The maximum atomic E-state index is 12.9. The molecule has 0 aliphatic carbocycles. The second-order valence-electron chi connectivity index (χ2n) is 8.69. The fraction of sp³-hybridized carbons (Fsp3) is 0.536. The predicted octanol–water partition coefficient (Wildman–Crippen LogP) is 5.85. The average Bonchev–Trinajstić information content (AvgIpc) is 2.84. The molecule has 0 radical (unpaired) electrons. The summed E-state index contributed by atoms with van der Waals surface area (Å²) in [6.45, 7) is 11.1. The molecule has 0 spiro atoms. The third kappa shape index (κ3) is 9.07. The summed E-state index contributed by atoms with van der Waals surface area (Å²) in [6.07, 6.45) is 4.63. The number of aryl methyl sites for hydroxylation is 1. The summed E-state index contributed by atoms with van der Waals surface area (Å²) in [5, 5.41) is 0. The van der Waals surface area contributed by atoms with Crippen LogP contribution in [0.4, 0.5) is 10.1 Å². The van der Waals surface area contributed by atoms with Gasteiger partial charge in [-0.15, -0.1) is 0 Å². The van der Waals surface area contributed by atoms with Crippen LogP contribution in [0.3, 0.4) is 0 Å². The van der Waals surface area contributed by atoms with Gasteiger partial charge in [0.15, 0.2) is 6.10 Å². The van der Waals surface area contributed by atoms with Gasteiger partial charge in [-0.25, -0.2) is 4.39 Å². The molecule has 1 heterocycles. The molecule has 2 aromatic carbocycles. The van der Waals surface area contributed by atoms with Crippen LogP contribution in [0.15, 0.2) is 48.5 Å². The minimum absolute atomic E-state index is 0.0553. The van der Waals surface area contributed by atoms with Crippen LogP contribution in [-0.2, 0) is 9.53 Å². The van der Waals surface area contributed by atoms with Crippen molar-refractivity contribution in [2.75, 3.05) is 44.8 Å². The maximum Gasteiger partial charge on any atom is 0.268 e. The van der Waals surface area contributed by atoms with Gasteiger partial charge >= 0.3 is 0 Å². The molecule has 0 fully saturated rings. The van der Waals surface area contributed by atoms with Crippen LogP contribution in [0, 0.1) is 12.7 Å². The number of hydrogen-bond donors (Lipinski definition) is 0. The number of fused-ring (bicyclic) bond motifs is 1. The fourth-order valence-electron chi connectivity index (χ4n) is 4.02. The van der Waals surface area contributed by atoms with Crippen LogP contribution >= 0.6 is 0 Å². The normalized spacial score (nSPS) is 14.9. The van der Waals surface area contributed by atoms with Gasteiger partial charge in [-0.1, -0.05) is 43.7 Å². The SMILES string of the molecule is CCCN(CCC)CCCCN1C(=O)C(CCOC)Oc2ccccc21.Cc1ccc(F)cc1. The van der Waals surface area contributed by atoms with E-state index in [2.05, 4.69) is 18.7 Å². The zero-order valence-corrected chi connectivity index (χ0v) is 21.3. The Kier molecular flexibility index (Phi) is 12.6. The lowest BCUT2D eigenvalue weighted by atomic mass is 10.1. The molecule has 2 aromatic rings. The number of anilines is 1. The molecule has 34 heavy (non-hydrogen) atoms. The highest BCUT2D eigenvalue weighted by molar-refractivity contribution is 6.00. The van der Waals surface area contributed by atoms with Gasteiger partial charge in [0.05, 0.1) is 12.3 Å². The minimum atomic E-state index is -0.443. The van der Waals surface area contributed by atoms with Crippen molar-refractivity contribution >= 4 is 11.6 Å². The molecular weight excluding hydrogens is 431 g/mol. The molecule has 0 saturated carbocycles. The van der Waals surface area contributed by atoms with Crippen LogP contribution in [-0.4, -0.2) is 56.8 Å². The number of ether oxygens (including phenoxy) is 2. The van der Waals surface area contributed by atoms with Gasteiger partial charge in [0.1, 0.15) is 11.6 Å². The lowest BCUT2D eigenvalue weighted by molar-refractivity contribution is -0.127.